The summed E-state index contributed by atoms with van der Waals surface area (Å²) in [5, 5.41) is 12.0. The van der Waals surface area contributed by atoms with Gasteiger partial charge in [-0.25, -0.2) is 0 Å². The predicted molar refractivity (Wildman–Crippen MR) is 75.1 cm³/mol. The SMILES string of the molecule is CCC(N)C(C)c1ccc2ncccc2c1[N+](=O)[O-]. The highest BCUT2D eigenvalue weighted by molar-refractivity contribution is 5.89. The smallest absolute Gasteiger partial charge is 0.282 e. The Labute approximate surface area is 111 Å². The number of nitro groups is 1. The van der Waals surface area contributed by atoms with Gasteiger partial charge in [0.2, 0.25) is 0 Å². The van der Waals surface area contributed by atoms with Gasteiger partial charge in [0.05, 0.1) is 15.8 Å². The van der Waals surface area contributed by atoms with Crippen LogP contribution in [0.25, 0.3) is 10.9 Å². The molecule has 2 N–H and O–H groups in total. The number of benzene rings is 1. The van der Waals surface area contributed by atoms with Crippen LogP contribution in [0.15, 0.2) is 30.5 Å². The van der Waals surface area contributed by atoms with E-state index in [4.69, 9.17) is 5.73 Å². The van der Waals surface area contributed by atoms with E-state index in [1.165, 1.54) is 0 Å². The van der Waals surface area contributed by atoms with Crippen molar-refractivity contribution in [2.24, 2.45) is 5.73 Å². The molecule has 19 heavy (non-hydrogen) atoms. The quantitative estimate of drug-likeness (QED) is 0.676. The van der Waals surface area contributed by atoms with Crippen molar-refractivity contribution >= 4 is 16.6 Å². The topological polar surface area (TPSA) is 82.0 Å². The minimum absolute atomic E-state index is 0.0602. The number of nitrogens with two attached hydrogens (primary N) is 1. The Balaban J connectivity index is 2.67. The zero-order valence-electron chi connectivity index (χ0n) is 11.0. The minimum Gasteiger partial charge on any atom is -0.327 e. The second-order valence-electron chi connectivity index (χ2n) is 4.69. The maximum absolute atomic E-state index is 11.4. The molecule has 2 rings (SSSR count). The molecule has 100 valence electrons. The molecule has 2 atom stereocenters. The number of rotatable bonds is 4. The van der Waals surface area contributed by atoms with Crippen molar-refractivity contribution < 1.29 is 4.92 Å². The van der Waals surface area contributed by atoms with E-state index in [1.807, 2.05) is 19.9 Å². The van der Waals surface area contributed by atoms with Gasteiger partial charge < -0.3 is 5.73 Å². The first-order valence-electron chi connectivity index (χ1n) is 6.33. The standard InChI is InChI=1S/C14H17N3O2/c1-3-12(15)9(2)10-6-7-13-11(5-4-8-16-13)14(10)17(18)19/h4-9,12H,3,15H2,1-2H3. The third-order valence-corrected chi connectivity index (χ3v) is 3.57. The van der Waals surface area contributed by atoms with Crippen LogP contribution in [0.3, 0.4) is 0 Å². The summed E-state index contributed by atoms with van der Waals surface area (Å²) in [4.78, 5) is 15.2. The largest absolute Gasteiger partial charge is 0.327 e. The minimum atomic E-state index is -0.335. The number of nitro benzene ring substituents is 1. The first-order valence-corrected chi connectivity index (χ1v) is 6.33. The number of fused-ring (bicyclic) bond motifs is 1. The van der Waals surface area contributed by atoms with Gasteiger partial charge in [-0.3, -0.25) is 15.1 Å². The van der Waals surface area contributed by atoms with Crippen LogP contribution in [0.1, 0.15) is 31.7 Å². The Bertz CT molecular complexity index is 613. The van der Waals surface area contributed by atoms with Gasteiger partial charge in [-0.05, 0) is 30.7 Å². The fourth-order valence-corrected chi connectivity index (χ4v) is 2.31. The Morgan fingerprint density at radius 2 is 2.16 bits per heavy atom. The van der Waals surface area contributed by atoms with E-state index in [0.717, 1.165) is 6.42 Å². The van der Waals surface area contributed by atoms with Crippen LogP contribution in [0.5, 0.6) is 0 Å². The van der Waals surface area contributed by atoms with Crippen LogP contribution in [0.2, 0.25) is 0 Å². The third kappa shape index (κ3) is 2.42. The molecule has 2 aromatic rings. The van der Waals surface area contributed by atoms with Crippen molar-refractivity contribution in [1.82, 2.24) is 4.98 Å². The molecule has 0 bridgehead atoms. The molecule has 0 aliphatic heterocycles. The second kappa shape index (κ2) is 5.32. The molecule has 5 heteroatoms. The van der Waals surface area contributed by atoms with Crippen molar-refractivity contribution in [2.75, 3.05) is 0 Å². The molecule has 0 saturated carbocycles. The van der Waals surface area contributed by atoms with Gasteiger partial charge in [-0.2, -0.15) is 0 Å². The summed E-state index contributed by atoms with van der Waals surface area (Å²) < 4.78 is 0. The molecular formula is C14H17N3O2. The third-order valence-electron chi connectivity index (χ3n) is 3.57. The molecule has 1 heterocycles. The average molecular weight is 259 g/mol. The van der Waals surface area contributed by atoms with Crippen molar-refractivity contribution in [1.29, 1.82) is 0 Å². The summed E-state index contributed by atoms with van der Waals surface area (Å²) in [6.45, 7) is 3.91. The molecule has 0 aliphatic rings. The summed E-state index contributed by atoms with van der Waals surface area (Å²) in [5.41, 5.74) is 7.47. The van der Waals surface area contributed by atoms with E-state index in [2.05, 4.69) is 4.98 Å². The van der Waals surface area contributed by atoms with Gasteiger partial charge in [0.25, 0.3) is 5.69 Å². The fraction of sp³-hybridized carbons (Fsp3) is 0.357. The summed E-state index contributed by atoms with van der Waals surface area (Å²) in [6.07, 6.45) is 2.41. The Morgan fingerprint density at radius 1 is 1.42 bits per heavy atom. The fourth-order valence-electron chi connectivity index (χ4n) is 2.31. The van der Waals surface area contributed by atoms with Gasteiger partial charge >= 0.3 is 0 Å². The highest BCUT2D eigenvalue weighted by Gasteiger charge is 2.25. The molecule has 0 spiro atoms. The van der Waals surface area contributed by atoms with Gasteiger partial charge in [0, 0.05) is 23.7 Å². The van der Waals surface area contributed by atoms with Crippen molar-refractivity contribution in [3.63, 3.8) is 0 Å². The van der Waals surface area contributed by atoms with Crippen LogP contribution in [-0.2, 0) is 0 Å². The molecule has 0 amide bonds. The van der Waals surface area contributed by atoms with Crippen LogP contribution >= 0.6 is 0 Å². The van der Waals surface area contributed by atoms with E-state index in [1.54, 1.807) is 24.4 Å². The molecule has 5 nitrogen and oxygen atoms in total. The van der Waals surface area contributed by atoms with Crippen LogP contribution in [-0.4, -0.2) is 15.9 Å². The number of aromatic nitrogens is 1. The highest BCUT2D eigenvalue weighted by Crippen LogP contribution is 2.34. The normalized spacial score (nSPS) is 14.3. The van der Waals surface area contributed by atoms with Crippen molar-refractivity contribution in [3.8, 4) is 0 Å². The van der Waals surface area contributed by atoms with E-state index in [9.17, 15) is 10.1 Å². The highest BCUT2D eigenvalue weighted by atomic mass is 16.6. The number of hydrogen-bond acceptors (Lipinski definition) is 4. The summed E-state index contributed by atoms with van der Waals surface area (Å²) in [6, 6.07) is 6.94. The lowest BCUT2D eigenvalue weighted by Crippen LogP contribution is -2.26. The van der Waals surface area contributed by atoms with Crippen LogP contribution < -0.4 is 5.73 Å². The average Bonchev–Trinajstić information content (AvgIpc) is 2.44. The van der Waals surface area contributed by atoms with Gasteiger partial charge in [-0.15, -0.1) is 0 Å². The molecular weight excluding hydrogens is 242 g/mol. The Morgan fingerprint density at radius 3 is 2.79 bits per heavy atom. The number of hydrogen-bond donors (Lipinski definition) is 1. The Hall–Kier alpha value is -2.01. The number of nitrogens with zero attached hydrogens (tertiary/aromatic N) is 2. The molecule has 0 aliphatic carbocycles. The predicted octanol–water partition coefficient (Wildman–Crippen LogP) is 2.98. The molecule has 1 aromatic heterocycles. The van der Waals surface area contributed by atoms with Crippen molar-refractivity contribution in [2.45, 2.75) is 32.2 Å². The van der Waals surface area contributed by atoms with Gasteiger partial charge in [0.15, 0.2) is 0 Å². The first-order chi connectivity index (χ1) is 9.06. The van der Waals surface area contributed by atoms with Crippen LogP contribution in [0, 0.1) is 10.1 Å². The lowest BCUT2D eigenvalue weighted by molar-refractivity contribution is -0.383. The monoisotopic (exact) mass is 259 g/mol. The zero-order valence-corrected chi connectivity index (χ0v) is 11.0. The van der Waals surface area contributed by atoms with E-state index in [-0.39, 0.29) is 22.6 Å². The Kier molecular flexibility index (Phi) is 3.76. The molecule has 1 aromatic carbocycles. The maximum Gasteiger partial charge on any atom is 0.282 e. The van der Waals surface area contributed by atoms with E-state index in [0.29, 0.717) is 16.5 Å². The lowest BCUT2D eigenvalue weighted by Gasteiger charge is -2.19. The number of pyridine rings is 1. The van der Waals surface area contributed by atoms with Gasteiger partial charge in [0.1, 0.15) is 0 Å². The summed E-state index contributed by atoms with van der Waals surface area (Å²) in [7, 11) is 0. The molecule has 2 unspecified atom stereocenters. The van der Waals surface area contributed by atoms with Crippen LogP contribution in [0.4, 0.5) is 5.69 Å². The molecule has 0 saturated heterocycles. The first kappa shape index (κ1) is 13.4. The zero-order chi connectivity index (χ0) is 14.0. The molecule has 0 radical (unpaired) electrons. The lowest BCUT2D eigenvalue weighted by atomic mass is 9.90. The van der Waals surface area contributed by atoms with E-state index < -0.39 is 0 Å². The summed E-state index contributed by atoms with van der Waals surface area (Å²) >= 11 is 0. The van der Waals surface area contributed by atoms with Gasteiger partial charge in [-0.1, -0.05) is 13.8 Å². The second-order valence-corrected chi connectivity index (χ2v) is 4.69. The summed E-state index contributed by atoms with van der Waals surface area (Å²) in [5.74, 6) is -0.0602. The van der Waals surface area contributed by atoms with E-state index >= 15 is 0 Å². The van der Waals surface area contributed by atoms with Crippen molar-refractivity contribution in [3.05, 3.63) is 46.1 Å². The maximum atomic E-state index is 11.4. The molecule has 0 fully saturated rings.